The summed E-state index contributed by atoms with van der Waals surface area (Å²) in [6.07, 6.45) is 7.02. The van der Waals surface area contributed by atoms with Gasteiger partial charge in [-0.15, -0.1) is 0 Å². The van der Waals surface area contributed by atoms with E-state index in [0.29, 0.717) is 19.8 Å². The molecule has 2 aromatic rings. The molecule has 6 heteroatoms. The van der Waals surface area contributed by atoms with Gasteiger partial charge in [0.15, 0.2) is 0 Å². The molecule has 1 N–H and O–H groups in total. The molecule has 0 aliphatic carbocycles. The average Bonchev–Trinajstić information content (AvgIpc) is 2.68. The van der Waals surface area contributed by atoms with E-state index >= 15 is 0 Å². The SMILES string of the molecule is O=C(NCCCc1ccccn1)[C@H](c1cccnc1)N1CCOCC1. The van der Waals surface area contributed by atoms with E-state index < -0.39 is 0 Å². The minimum Gasteiger partial charge on any atom is -0.379 e. The van der Waals surface area contributed by atoms with E-state index in [1.54, 1.807) is 18.6 Å². The summed E-state index contributed by atoms with van der Waals surface area (Å²) >= 11 is 0. The molecule has 0 spiro atoms. The largest absolute Gasteiger partial charge is 0.379 e. The van der Waals surface area contributed by atoms with Gasteiger partial charge >= 0.3 is 0 Å². The molecule has 6 nitrogen and oxygen atoms in total. The molecule has 132 valence electrons. The molecule has 1 fully saturated rings. The number of aryl methyl sites for hydroxylation is 1. The van der Waals surface area contributed by atoms with Crippen molar-refractivity contribution in [3.05, 3.63) is 60.2 Å². The fourth-order valence-corrected chi connectivity index (χ4v) is 3.03. The van der Waals surface area contributed by atoms with Gasteiger partial charge in [-0.1, -0.05) is 12.1 Å². The Kier molecular flexibility index (Phi) is 6.48. The maximum absolute atomic E-state index is 12.8. The molecule has 0 saturated carbocycles. The lowest BCUT2D eigenvalue weighted by Crippen LogP contribution is -2.46. The standard InChI is InChI=1S/C19H24N4O2/c24-19(22-10-4-7-17-6-1-2-9-21-17)18(16-5-3-8-20-15-16)23-11-13-25-14-12-23/h1-3,5-6,8-9,15,18H,4,7,10-14H2,(H,22,24)/t18-/m0/s1. The topological polar surface area (TPSA) is 67.4 Å². The summed E-state index contributed by atoms with van der Waals surface area (Å²) in [5.74, 6) is 0.0240. The maximum Gasteiger partial charge on any atom is 0.242 e. The van der Waals surface area contributed by atoms with Crippen molar-refractivity contribution in [2.24, 2.45) is 0 Å². The number of carbonyl (C=O) groups excluding carboxylic acids is 1. The van der Waals surface area contributed by atoms with Crippen LogP contribution in [0.5, 0.6) is 0 Å². The third-order valence-electron chi connectivity index (χ3n) is 4.29. The Balaban J connectivity index is 1.57. The van der Waals surface area contributed by atoms with Crippen molar-refractivity contribution in [1.82, 2.24) is 20.2 Å². The normalized spacial score (nSPS) is 16.3. The van der Waals surface area contributed by atoms with Gasteiger partial charge in [-0.05, 0) is 36.6 Å². The van der Waals surface area contributed by atoms with Crippen LogP contribution in [0.3, 0.4) is 0 Å². The van der Waals surface area contributed by atoms with Gasteiger partial charge in [0.25, 0.3) is 0 Å². The molecule has 1 amide bonds. The van der Waals surface area contributed by atoms with E-state index in [0.717, 1.165) is 37.2 Å². The summed E-state index contributed by atoms with van der Waals surface area (Å²) in [6, 6.07) is 9.42. The first-order valence-corrected chi connectivity index (χ1v) is 8.74. The van der Waals surface area contributed by atoms with Crippen LogP contribution < -0.4 is 5.32 Å². The Bertz CT molecular complexity index is 645. The summed E-state index contributed by atoms with van der Waals surface area (Å²) in [6.45, 7) is 3.45. The van der Waals surface area contributed by atoms with E-state index in [2.05, 4.69) is 20.2 Å². The van der Waals surface area contributed by atoms with Crippen LogP contribution in [0.4, 0.5) is 0 Å². The Morgan fingerprint density at radius 3 is 2.80 bits per heavy atom. The van der Waals surface area contributed by atoms with Gasteiger partial charge < -0.3 is 10.1 Å². The molecule has 1 aliphatic rings. The van der Waals surface area contributed by atoms with Crippen LogP contribution in [-0.4, -0.2) is 53.6 Å². The zero-order valence-electron chi connectivity index (χ0n) is 14.3. The number of amides is 1. The summed E-state index contributed by atoms with van der Waals surface area (Å²) in [7, 11) is 0. The lowest BCUT2D eigenvalue weighted by Gasteiger charge is -2.33. The fraction of sp³-hybridized carbons (Fsp3) is 0.421. The highest BCUT2D eigenvalue weighted by Crippen LogP contribution is 2.21. The quantitative estimate of drug-likeness (QED) is 0.776. The molecule has 0 aromatic carbocycles. The summed E-state index contributed by atoms with van der Waals surface area (Å²) < 4.78 is 5.42. The number of pyridine rings is 2. The number of morpholine rings is 1. The second-order valence-corrected chi connectivity index (χ2v) is 6.05. The molecular formula is C19H24N4O2. The second kappa shape index (κ2) is 9.25. The molecule has 0 unspecified atom stereocenters. The third-order valence-corrected chi connectivity index (χ3v) is 4.29. The molecule has 1 aliphatic heterocycles. The van der Waals surface area contributed by atoms with Crippen LogP contribution in [0.1, 0.15) is 23.7 Å². The summed E-state index contributed by atoms with van der Waals surface area (Å²) in [5.41, 5.74) is 1.97. The van der Waals surface area contributed by atoms with Crippen molar-refractivity contribution >= 4 is 5.91 Å². The van der Waals surface area contributed by atoms with Gasteiger partial charge in [0, 0.05) is 43.9 Å². The zero-order chi connectivity index (χ0) is 17.3. The van der Waals surface area contributed by atoms with Crippen LogP contribution in [0.15, 0.2) is 48.9 Å². The van der Waals surface area contributed by atoms with Gasteiger partial charge in [-0.2, -0.15) is 0 Å². The van der Waals surface area contributed by atoms with Gasteiger partial charge in [0.2, 0.25) is 5.91 Å². The van der Waals surface area contributed by atoms with Gasteiger partial charge in [-0.3, -0.25) is 19.7 Å². The minimum absolute atomic E-state index is 0.0240. The first kappa shape index (κ1) is 17.5. The number of hydrogen-bond donors (Lipinski definition) is 1. The first-order chi connectivity index (χ1) is 12.3. The Morgan fingerprint density at radius 2 is 2.08 bits per heavy atom. The molecular weight excluding hydrogens is 316 g/mol. The van der Waals surface area contributed by atoms with Crippen LogP contribution in [0.25, 0.3) is 0 Å². The maximum atomic E-state index is 12.8. The van der Waals surface area contributed by atoms with Crippen molar-refractivity contribution in [3.63, 3.8) is 0 Å². The van der Waals surface area contributed by atoms with Crippen LogP contribution in [-0.2, 0) is 16.0 Å². The second-order valence-electron chi connectivity index (χ2n) is 6.05. The van der Waals surface area contributed by atoms with Crippen molar-refractivity contribution in [2.75, 3.05) is 32.8 Å². The molecule has 3 heterocycles. The minimum atomic E-state index is -0.313. The zero-order valence-corrected chi connectivity index (χ0v) is 14.3. The molecule has 25 heavy (non-hydrogen) atoms. The van der Waals surface area contributed by atoms with E-state index in [1.165, 1.54) is 0 Å². The third kappa shape index (κ3) is 5.08. The molecule has 3 rings (SSSR count). The molecule has 0 radical (unpaired) electrons. The van der Waals surface area contributed by atoms with Crippen LogP contribution in [0, 0.1) is 0 Å². The number of nitrogens with zero attached hydrogens (tertiary/aromatic N) is 3. The summed E-state index contributed by atoms with van der Waals surface area (Å²) in [4.78, 5) is 23.5. The fourth-order valence-electron chi connectivity index (χ4n) is 3.03. The number of hydrogen-bond acceptors (Lipinski definition) is 5. The Labute approximate surface area is 148 Å². The smallest absolute Gasteiger partial charge is 0.242 e. The van der Waals surface area contributed by atoms with Crippen molar-refractivity contribution in [2.45, 2.75) is 18.9 Å². The number of nitrogens with one attached hydrogen (secondary N) is 1. The van der Waals surface area contributed by atoms with E-state index in [1.807, 2.05) is 30.3 Å². The monoisotopic (exact) mass is 340 g/mol. The Morgan fingerprint density at radius 1 is 1.20 bits per heavy atom. The number of rotatable bonds is 7. The number of carbonyl (C=O) groups is 1. The molecule has 0 bridgehead atoms. The number of ether oxygens (including phenoxy) is 1. The first-order valence-electron chi connectivity index (χ1n) is 8.74. The highest BCUT2D eigenvalue weighted by Gasteiger charge is 2.28. The molecule has 1 saturated heterocycles. The predicted molar refractivity (Wildman–Crippen MR) is 94.9 cm³/mol. The van der Waals surface area contributed by atoms with Crippen molar-refractivity contribution in [3.8, 4) is 0 Å². The van der Waals surface area contributed by atoms with E-state index in [-0.39, 0.29) is 11.9 Å². The van der Waals surface area contributed by atoms with Gasteiger partial charge in [-0.25, -0.2) is 0 Å². The average molecular weight is 340 g/mol. The summed E-state index contributed by atoms with van der Waals surface area (Å²) in [5, 5.41) is 3.07. The molecule has 2 aromatic heterocycles. The van der Waals surface area contributed by atoms with Crippen molar-refractivity contribution < 1.29 is 9.53 Å². The predicted octanol–water partition coefficient (Wildman–Crippen LogP) is 1.60. The van der Waals surface area contributed by atoms with Gasteiger partial charge in [0.1, 0.15) is 6.04 Å². The van der Waals surface area contributed by atoms with E-state index in [9.17, 15) is 4.79 Å². The van der Waals surface area contributed by atoms with Crippen LogP contribution >= 0.6 is 0 Å². The Hall–Kier alpha value is -2.31. The van der Waals surface area contributed by atoms with E-state index in [4.69, 9.17) is 4.74 Å². The highest BCUT2D eigenvalue weighted by molar-refractivity contribution is 5.83. The van der Waals surface area contributed by atoms with Crippen LogP contribution in [0.2, 0.25) is 0 Å². The van der Waals surface area contributed by atoms with Crippen molar-refractivity contribution in [1.29, 1.82) is 0 Å². The van der Waals surface area contributed by atoms with Gasteiger partial charge in [0.05, 0.1) is 13.2 Å². The molecule has 1 atom stereocenters. The lowest BCUT2D eigenvalue weighted by atomic mass is 10.1. The number of aromatic nitrogens is 2. The lowest BCUT2D eigenvalue weighted by molar-refractivity contribution is -0.128. The highest BCUT2D eigenvalue weighted by atomic mass is 16.5.